The normalized spacial score (nSPS) is 34.0. The second-order valence-corrected chi connectivity index (χ2v) is 6.78. The SMILES string of the molecule is COC1CC(OC2CCN(CC3CCNCC3)CC2)C1. The summed E-state index contributed by atoms with van der Waals surface area (Å²) in [6, 6.07) is 0. The molecule has 0 atom stereocenters. The van der Waals surface area contributed by atoms with Crippen molar-refractivity contribution in [2.75, 3.05) is 39.8 Å². The van der Waals surface area contributed by atoms with Crippen molar-refractivity contribution in [2.24, 2.45) is 5.92 Å². The Bertz CT molecular complexity index is 280. The molecule has 0 aromatic carbocycles. The maximum absolute atomic E-state index is 6.18. The molecule has 20 heavy (non-hydrogen) atoms. The number of ether oxygens (including phenoxy) is 2. The molecule has 0 bridgehead atoms. The molecule has 4 nitrogen and oxygen atoms in total. The summed E-state index contributed by atoms with van der Waals surface area (Å²) in [6.45, 7) is 6.20. The Balaban J connectivity index is 1.30. The molecule has 116 valence electrons. The summed E-state index contributed by atoms with van der Waals surface area (Å²) in [6.07, 6.45) is 8.80. The summed E-state index contributed by atoms with van der Waals surface area (Å²) in [4.78, 5) is 2.66. The number of nitrogens with one attached hydrogen (secondary N) is 1. The van der Waals surface area contributed by atoms with E-state index in [0.717, 1.165) is 18.8 Å². The standard InChI is InChI=1S/C16H30N2O2/c1-19-15-10-16(11-15)20-14-4-8-18(9-5-14)12-13-2-6-17-7-3-13/h13-17H,2-12H2,1H3. The highest BCUT2D eigenvalue weighted by Crippen LogP contribution is 2.29. The first-order chi connectivity index (χ1) is 9.83. The molecule has 1 N–H and O–H groups in total. The molecule has 0 unspecified atom stereocenters. The number of piperidine rings is 2. The van der Waals surface area contributed by atoms with Crippen molar-refractivity contribution < 1.29 is 9.47 Å². The van der Waals surface area contributed by atoms with Crippen LogP contribution >= 0.6 is 0 Å². The Morgan fingerprint density at radius 1 is 0.950 bits per heavy atom. The number of hydrogen-bond donors (Lipinski definition) is 1. The van der Waals surface area contributed by atoms with Gasteiger partial charge >= 0.3 is 0 Å². The maximum Gasteiger partial charge on any atom is 0.0628 e. The predicted molar refractivity (Wildman–Crippen MR) is 80.0 cm³/mol. The van der Waals surface area contributed by atoms with E-state index in [4.69, 9.17) is 9.47 Å². The molecule has 2 aliphatic heterocycles. The molecular formula is C16H30N2O2. The molecule has 2 heterocycles. The van der Waals surface area contributed by atoms with Gasteiger partial charge < -0.3 is 19.7 Å². The van der Waals surface area contributed by atoms with E-state index in [1.54, 1.807) is 7.11 Å². The Morgan fingerprint density at radius 3 is 2.30 bits per heavy atom. The van der Waals surface area contributed by atoms with E-state index in [0.29, 0.717) is 18.3 Å². The van der Waals surface area contributed by atoms with Gasteiger partial charge in [0.25, 0.3) is 0 Å². The van der Waals surface area contributed by atoms with Crippen LogP contribution in [-0.2, 0) is 9.47 Å². The average molecular weight is 282 g/mol. The first kappa shape index (κ1) is 14.8. The summed E-state index contributed by atoms with van der Waals surface area (Å²) in [5, 5.41) is 3.45. The number of likely N-dealkylation sites (tertiary alicyclic amines) is 1. The smallest absolute Gasteiger partial charge is 0.0628 e. The maximum atomic E-state index is 6.18. The molecule has 1 saturated carbocycles. The minimum absolute atomic E-state index is 0.458. The Morgan fingerprint density at radius 2 is 1.65 bits per heavy atom. The lowest BCUT2D eigenvalue weighted by atomic mass is 9.91. The van der Waals surface area contributed by atoms with E-state index >= 15 is 0 Å². The van der Waals surface area contributed by atoms with Crippen LogP contribution in [0.15, 0.2) is 0 Å². The molecule has 3 rings (SSSR count). The fourth-order valence-electron chi connectivity index (χ4n) is 3.75. The van der Waals surface area contributed by atoms with Crippen LogP contribution in [0.3, 0.4) is 0 Å². The van der Waals surface area contributed by atoms with Gasteiger partial charge in [-0.25, -0.2) is 0 Å². The minimum atomic E-state index is 0.458. The number of methoxy groups -OCH3 is 1. The molecular weight excluding hydrogens is 252 g/mol. The molecule has 0 aromatic heterocycles. The zero-order valence-corrected chi connectivity index (χ0v) is 12.9. The third-order valence-electron chi connectivity index (χ3n) is 5.28. The lowest BCUT2D eigenvalue weighted by molar-refractivity contribution is -0.126. The van der Waals surface area contributed by atoms with Crippen molar-refractivity contribution in [3.05, 3.63) is 0 Å². The van der Waals surface area contributed by atoms with Crippen molar-refractivity contribution in [3.63, 3.8) is 0 Å². The van der Waals surface area contributed by atoms with Crippen molar-refractivity contribution in [3.8, 4) is 0 Å². The molecule has 0 amide bonds. The van der Waals surface area contributed by atoms with E-state index in [1.165, 1.54) is 58.4 Å². The third-order valence-corrected chi connectivity index (χ3v) is 5.28. The molecule has 2 saturated heterocycles. The van der Waals surface area contributed by atoms with Gasteiger partial charge in [-0.2, -0.15) is 0 Å². The fraction of sp³-hybridized carbons (Fsp3) is 1.00. The topological polar surface area (TPSA) is 33.7 Å². The number of hydrogen-bond acceptors (Lipinski definition) is 4. The van der Waals surface area contributed by atoms with E-state index in [1.807, 2.05) is 0 Å². The Kier molecular flexibility index (Phi) is 5.32. The van der Waals surface area contributed by atoms with Crippen LogP contribution < -0.4 is 5.32 Å². The van der Waals surface area contributed by atoms with Crippen molar-refractivity contribution >= 4 is 0 Å². The van der Waals surface area contributed by atoms with Gasteiger partial charge in [-0.1, -0.05) is 0 Å². The van der Waals surface area contributed by atoms with E-state index in [-0.39, 0.29) is 0 Å². The highest BCUT2D eigenvalue weighted by Gasteiger charge is 2.33. The fourth-order valence-corrected chi connectivity index (χ4v) is 3.75. The van der Waals surface area contributed by atoms with Crippen LogP contribution in [0.4, 0.5) is 0 Å². The molecule has 1 aliphatic carbocycles. The number of rotatable bonds is 5. The predicted octanol–water partition coefficient (Wildman–Crippen LogP) is 1.64. The lowest BCUT2D eigenvalue weighted by Crippen LogP contribution is -2.45. The van der Waals surface area contributed by atoms with Crippen LogP contribution in [0, 0.1) is 5.92 Å². The average Bonchev–Trinajstić information content (AvgIpc) is 2.45. The monoisotopic (exact) mass is 282 g/mol. The van der Waals surface area contributed by atoms with Gasteiger partial charge in [0, 0.05) is 26.7 Å². The Hall–Kier alpha value is -0.160. The summed E-state index contributed by atoms with van der Waals surface area (Å²) in [7, 11) is 1.81. The zero-order chi connectivity index (χ0) is 13.8. The molecule has 0 aromatic rings. The first-order valence-electron chi connectivity index (χ1n) is 8.45. The van der Waals surface area contributed by atoms with Gasteiger partial charge in [0.2, 0.25) is 0 Å². The van der Waals surface area contributed by atoms with Crippen LogP contribution in [0.2, 0.25) is 0 Å². The van der Waals surface area contributed by atoms with Crippen LogP contribution in [0.1, 0.15) is 38.5 Å². The van der Waals surface area contributed by atoms with E-state index < -0.39 is 0 Å². The lowest BCUT2D eigenvalue weighted by Gasteiger charge is -2.40. The molecule has 3 fully saturated rings. The van der Waals surface area contributed by atoms with E-state index in [2.05, 4.69) is 10.2 Å². The van der Waals surface area contributed by atoms with Crippen molar-refractivity contribution in [2.45, 2.75) is 56.8 Å². The quantitative estimate of drug-likeness (QED) is 0.831. The van der Waals surface area contributed by atoms with Gasteiger partial charge in [0.1, 0.15) is 0 Å². The van der Waals surface area contributed by atoms with Crippen molar-refractivity contribution in [1.82, 2.24) is 10.2 Å². The number of nitrogens with zero attached hydrogens (tertiary/aromatic N) is 1. The van der Waals surface area contributed by atoms with Gasteiger partial charge in [0.15, 0.2) is 0 Å². The first-order valence-corrected chi connectivity index (χ1v) is 8.45. The van der Waals surface area contributed by atoms with Crippen molar-refractivity contribution in [1.29, 1.82) is 0 Å². The van der Waals surface area contributed by atoms with Gasteiger partial charge in [-0.3, -0.25) is 0 Å². The largest absolute Gasteiger partial charge is 0.381 e. The van der Waals surface area contributed by atoms with Crippen LogP contribution in [-0.4, -0.2) is 63.0 Å². The molecule has 3 aliphatic rings. The summed E-state index contributed by atoms with van der Waals surface area (Å²) < 4.78 is 11.5. The van der Waals surface area contributed by atoms with Gasteiger partial charge in [0.05, 0.1) is 18.3 Å². The molecule has 0 spiro atoms. The second-order valence-electron chi connectivity index (χ2n) is 6.78. The van der Waals surface area contributed by atoms with Gasteiger partial charge in [-0.15, -0.1) is 0 Å². The highest BCUT2D eigenvalue weighted by molar-refractivity contribution is 4.84. The summed E-state index contributed by atoms with van der Waals surface area (Å²) in [5.41, 5.74) is 0. The van der Waals surface area contributed by atoms with E-state index in [9.17, 15) is 0 Å². The summed E-state index contributed by atoms with van der Waals surface area (Å²) >= 11 is 0. The summed E-state index contributed by atoms with van der Waals surface area (Å²) in [5.74, 6) is 0.919. The third kappa shape index (κ3) is 3.94. The highest BCUT2D eigenvalue weighted by atomic mass is 16.5. The minimum Gasteiger partial charge on any atom is -0.381 e. The van der Waals surface area contributed by atoms with Crippen LogP contribution in [0.25, 0.3) is 0 Å². The second kappa shape index (κ2) is 7.21. The Labute approximate surface area is 123 Å². The molecule has 4 heteroatoms. The van der Waals surface area contributed by atoms with Gasteiger partial charge in [-0.05, 0) is 57.5 Å². The van der Waals surface area contributed by atoms with Crippen LogP contribution in [0.5, 0.6) is 0 Å². The zero-order valence-electron chi connectivity index (χ0n) is 12.9. The molecule has 0 radical (unpaired) electrons.